The number of nitrogens with zero attached hydrogens (tertiary/aromatic N) is 1. The number of hydrogen-bond acceptors (Lipinski definition) is 3. The Morgan fingerprint density at radius 2 is 1.88 bits per heavy atom. The number of benzene rings is 1. The van der Waals surface area contributed by atoms with E-state index in [4.69, 9.17) is 17.3 Å². The molecule has 0 amide bonds. The van der Waals surface area contributed by atoms with E-state index in [1.54, 1.807) is 0 Å². The van der Waals surface area contributed by atoms with E-state index in [1.165, 1.54) is 12.1 Å². The van der Waals surface area contributed by atoms with Gasteiger partial charge in [-0.15, -0.1) is 0 Å². The van der Waals surface area contributed by atoms with Gasteiger partial charge in [-0.05, 0) is 18.2 Å². The van der Waals surface area contributed by atoms with Crippen LogP contribution < -0.4 is 5.73 Å². The maximum absolute atomic E-state index is 12.5. The van der Waals surface area contributed by atoms with Crippen molar-refractivity contribution in [3.8, 4) is 11.3 Å². The third kappa shape index (κ3) is 2.52. The molecule has 0 unspecified atom stereocenters. The first kappa shape index (κ1) is 11.8. The first-order valence-electron chi connectivity index (χ1n) is 4.46. The standard InChI is InChI=1S/C10H6ClF3N2O/c11-7-2-5(8-4-9(15)17-16-8)1-6(3-7)10(12,13)14/h1-4H,15H2. The van der Waals surface area contributed by atoms with E-state index in [0.29, 0.717) is 0 Å². The highest BCUT2D eigenvalue weighted by molar-refractivity contribution is 6.31. The molecular weight excluding hydrogens is 257 g/mol. The predicted octanol–water partition coefficient (Wildman–Crippen LogP) is 3.60. The molecule has 3 nitrogen and oxygen atoms in total. The van der Waals surface area contributed by atoms with Crippen molar-refractivity contribution in [3.05, 3.63) is 34.9 Å². The van der Waals surface area contributed by atoms with Crippen molar-refractivity contribution in [3.63, 3.8) is 0 Å². The highest BCUT2D eigenvalue weighted by Gasteiger charge is 2.31. The molecule has 2 N–H and O–H groups in total. The Kier molecular flexibility index (Phi) is 2.74. The summed E-state index contributed by atoms with van der Waals surface area (Å²) in [5, 5.41) is 3.49. The zero-order chi connectivity index (χ0) is 12.6. The quantitative estimate of drug-likeness (QED) is 0.854. The van der Waals surface area contributed by atoms with Crippen LogP contribution in [0.1, 0.15) is 5.56 Å². The third-order valence-corrected chi connectivity index (χ3v) is 2.27. The highest BCUT2D eigenvalue weighted by Crippen LogP contribution is 2.34. The van der Waals surface area contributed by atoms with E-state index in [-0.39, 0.29) is 22.2 Å². The summed E-state index contributed by atoms with van der Waals surface area (Å²) in [7, 11) is 0. The molecule has 17 heavy (non-hydrogen) atoms. The van der Waals surface area contributed by atoms with Crippen LogP contribution in [0.25, 0.3) is 11.3 Å². The van der Waals surface area contributed by atoms with Gasteiger partial charge in [0.1, 0.15) is 5.69 Å². The lowest BCUT2D eigenvalue weighted by atomic mass is 10.1. The molecule has 0 aliphatic rings. The second kappa shape index (κ2) is 3.96. The average Bonchev–Trinajstić information content (AvgIpc) is 2.62. The first-order chi connectivity index (χ1) is 7.86. The molecule has 2 rings (SSSR count). The van der Waals surface area contributed by atoms with Crippen LogP contribution in [-0.4, -0.2) is 5.16 Å². The van der Waals surface area contributed by atoms with Gasteiger partial charge in [-0.1, -0.05) is 16.8 Å². The molecule has 0 bridgehead atoms. The number of nitrogen functional groups attached to an aromatic ring is 1. The number of anilines is 1. The second-order valence-electron chi connectivity index (χ2n) is 3.34. The summed E-state index contributed by atoms with van der Waals surface area (Å²) in [5.41, 5.74) is 4.85. The van der Waals surface area contributed by atoms with Gasteiger partial charge in [0, 0.05) is 16.7 Å². The topological polar surface area (TPSA) is 52.0 Å². The van der Waals surface area contributed by atoms with Crippen molar-refractivity contribution < 1.29 is 17.7 Å². The van der Waals surface area contributed by atoms with Crippen LogP contribution in [0.5, 0.6) is 0 Å². The Balaban J connectivity index is 2.52. The Morgan fingerprint density at radius 3 is 2.41 bits per heavy atom. The smallest absolute Gasteiger partial charge is 0.368 e. The Labute approximate surface area is 99.0 Å². The number of rotatable bonds is 1. The Hall–Kier alpha value is -1.69. The molecule has 0 spiro atoms. The van der Waals surface area contributed by atoms with E-state index in [2.05, 4.69) is 9.68 Å². The second-order valence-corrected chi connectivity index (χ2v) is 3.78. The minimum atomic E-state index is -4.46. The van der Waals surface area contributed by atoms with Crippen molar-refractivity contribution in [2.45, 2.75) is 6.18 Å². The Morgan fingerprint density at radius 1 is 1.18 bits per heavy atom. The normalized spacial score (nSPS) is 11.8. The van der Waals surface area contributed by atoms with Crippen LogP contribution in [0.15, 0.2) is 28.8 Å². The van der Waals surface area contributed by atoms with Gasteiger partial charge in [-0.25, -0.2) is 0 Å². The predicted molar refractivity (Wildman–Crippen MR) is 56.4 cm³/mol. The molecular formula is C10H6ClF3N2O. The fourth-order valence-electron chi connectivity index (χ4n) is 1.33. The van der Waals surface area contributed by atoms with E-state index in [1.807, 2.05) is 0 Å². The van der Waals surface area contributed by atoms with Crippen LogP contribution in [0, 0.1) is 0 Å². The molecule has 0 atom stereocenters. The molecule has 0 saturated carbocycles. The summed E-state index contributed by atoms with van der Waals surface area (Å²) in [6.45, 7) is 0. The van der Waals surface area contributed by atoms with E-state index in [0.717, 1.165) is 12.1 Å². The molecule has 7 heteroatoms. The SMILES string of the molecule is Nc1cc(-c2cc(Cl)cc(C(F)(F)F)c2)no1. The lowest BCUT2D eigenvalue weighted by Gasteiger charge is -2.08. The van der Waals surface area contributed by atoms with Crippen molar-refractivity contribution in [1.29, 1.82) is 0 Å². The monoisotopic (exact) mass is 262 g/mol. The maximum Gasteiger partial charge on any atom is 0.416 e. The highest BCUT2D eigenvalue weighted by atomic mass is 35.5. The van der Waals surface area contributed by atoms with Crippen LogP contribution in [0.3, 0.4) is 0 Å². The zero-order valence-electron chi connectivity index (χ0n) is 8.25. The van der Waals surface area contributed by atoms with Crippen LogP contribution in [0.4, 0.5) is 19.1 Å². The van der Waals surface area contributed by atoms with Gasteiger partial charge in [0.15, 0.2) is 0 Å². The fourth-order valence-corrected chi connectivity index (χ4v) is 1.56. The number of aromatic nitrogens is 1. The van der Waals surface area contributed by atoms with Crippen molar-refractivity contribution in [2.24, 2.45) is 0 Å². The molecule has 0 saturated heterocycles. The van der Waals surface area contributed by atoms with Gasteiger partial charge in [-0.3, -0.25) is 0 Å². The zero-order valence-corrected chi connectivity index (χ0v) is 9.01. The molecule has 1 aromatic carbocycles. The van der Waals surface area contributed by atoms with Crippen LogP contribution in [0.2, 0.25) is 5.02 Å². The molecule has 0 radical (unpaired) electrons. The molecule has 0 aliphatic carbocycles. The lowest BCUT2D eigenvalue weighted by Crippen LogP contribution is -2.04. The molecule has 2 aromatic rings. The van der Waals surface area contributed by atoms with E-state index in [9.17, 15) is 13.2 Å². The number of alkyl halides is 3. The van der Waals surface area contributed by atoms with Crippen molar-refractivity contribution >= 4 is 17.5 Å². The van der Waals surface area contributed by atoms with E-state index < -0.39 is 11.7 Å². The van der Waals surface area contributed by atoms with Crippen molar-refractivity contribution in [1.82, 2.24) is 5.16 Å². The molecule has 1 heterocycles. The number of nitrogens with two attached hydrogens (primary N) is 1. The largest absolute Gasteiger partial charge is 0.416 e. The minimum Gasteiger partial charge on any atom is -0.368 e. The van der Waals surface area contributed by atoms with Crippen molar-refractivity contribution in [2.75, 3.05) is 5.73 Å². The molecule has 90 valence electrons. The third-order valence-electron chi connectivity index (χ3n) is 2.05. The molecule has 0 aliphatic heterocycles. The maximum atomic E-state index is 12.5. The fraction of sp³-hybridized carbons (Fsp3) is 0.100. The van der Waals surface area contributed by atoms with Gasteiger partial charge < -0.3 is 10.3 Å². The Bertz CT molecular complexity index is 551. The van der Waals surface area contributed by atoms with Gasteiger partial charge in [0.25, 0.3) is 0 Å². The number of halogens is 4. The summed E-state index contributed by atoms with van der Waals surface area (Å²) in [6.07, 6.45) is -4.46. The summed E-state index contributed by atoms with van der Waals surface area (Å²) in [5.74, 6) is 0.0218. The minimum absolute atomic E-state index is 0.0218. The molecule has 0 fully saturated rings. The van der Waals surface area contributed by atoms with Gasteiger partial charge in [0.2, 0.25) is 5.88 Å². The number of hydrogen-bond donors (Lipinski definition) is 1. The summed E-state index contributed by atoms with van der Waals surface area (Å²) >= 11 is 5.62. The summed E-state index contributed by atoms with van der Waals surface area (Å²) in [6, 6.07) is 4.46. The summed E-state index contributed by atoms with van der Waals surface area (Å²) < 4.78 is 42.2. The van der Waals surface area contributed by atoms with Gasteiger partial charge in [-0.2, -0.15) is 13.2 Å². The van der Waals surface area contributed by atoms with Crippen LogP contribution >= 0.6 is 11.6 Å². The molecule has 1 aromatic heterocycles. The lowest BCUT2D eigenvalue weighted by molar-refractivity contribution is -0.137. The van der Waals surface area contributed by atoms with Gasteiger partial charge >= 0.3 is 6.18 Å². The van der Waals surface area contributed by atoms with Gasteiger partial charge in [0.05, 0.1) is 5.56 Å². The average molecular weight is 263 g/mol. The first-order valence-corrected chi connectivity index (χ1v) is 4.84. The van der Waals surface area contributed by atoms with Crippen LogP contribution in [-0.2, 0) is 6.18 Å². The van der Waals surface area contributed by atoms with E-state index >= 15 is 0 Å². The summed E-state index contributed by atoms with van der Waals surface area (Å²) in [4.78, 5) is 0.